The van der Waals surface area contributed by atoms with Gasteiger partial charge in [0, 0.05) is 85.3 Å². The SMILES string of the molecule is Cc1nnc(Cn2c(C(=O)N3CCc4nn(-c5cc(C)c(F)c(C)c5)c(-n5ccn(-c6ccc([S@@]7(=O)=NCCC7)cc6)c5=O)c4[C@@H]3C)cc3cc(C4CCOCC4)ncc32)o1. The number of aromatic nitrogens is 8. The van der Waals surface area contributed by atoms with Gasteiger partial charge in [-0.3, -0.25) is 18.9 Å². The Bertz CT molecular complexity index is 3030. The number of rotatable bonds is 8. The molecule has 3 aliphatic heterocycles. The highest BCUT2D eigenvalue weighted by Crippen LogP contribution is 2.38. The molecule has 1 fully saturated rings. The molecule has 1 saturated heterocycles. The second-order valence-corrected chi connectivity index (χ2v) is 18.6. The number of hydrogen-bond acceptors (Lipinski definition) is 10. The van der Waals surface area contributed by atoms with Crippen molar-refractivity contribution < 1.29 is 22.5 Å². The number of aryl methyl sites for hydroxylation is 3. The van der Waals surface area contributed by atoms with Crippen molar-refractivity contribution in [2.24, 2.45) is 4.36 Å². The summed E-state index contributed by atoms with van der Waals surface area (Å²) in [6.07, 6.45) is 8.13. The summed E-state index contributed by atoms with van der Waals surface area (Å²) >= 11 is 0. The number of carbonyl (C=O) groups is 1. The Morgan fingerprint density at radius 2 is 1.72 bits per heavy atom. The van der Waals surface area contributed by atoms with E-state index in [0.29, 0.717) is 94.7 Å². The van der Waals surface area contributed by atoms with Crippen molar-refractivity contribution in [3.8, 4) is 17.2 Å². The van der Waals surface area contributed by atoms with Crippen LogP contribution in [0, 0.1) is 26.6 Å². The van der Waals surface area contributed by atoms with E-state index in [1.807, 2.05) is 28.7 Å². The first-order chi connectivity index (χ1) is 29.5. The highest BCUT2D eigenvalue weighted by atomic mass is 32.2. The van der Waals surface area contributed by atoms with E-state index < -0.39 is 15.8 Å². The molecule has 8 heterocycles. The Kier molecular flexibility index (Phi) is 9.62. The van der Waals surface area contributed by atoms with Crippen LogP contribution in [0.5, 0.6) is 0 Å². The molecule has 17 heteroatoms. The third kappa shape index (κ3) is 6.70. The Balaban J connectivity index is 1.07. The zero-order chi connectivity index (χ0) is 42.2. The number of amides is 1. The number of halogens is 1. The standard InChI is InChI=1S/C44H45FN10O5S/c1-26-20-33(21-27(2)41(26)45)55-42(53-16-15-52(44(53)57)32-6-8-34(9-7-32)61(58)19-5-13-47-61)40-28(3)51(14-10-35(40)50-55)43(56)37-23-31-22-36(30-11-17-59-18-12-30)46-24-38(31)54(37)25-39-49-48-29(4)60-39/h6-9,15-16,20-24,28,30H,5,10-14,17-19,25H2,1-4H3/t28-,61+/m0/s1. The van der Waals surface area contributed by atoms with E-state index >= 15 is 9.18 Å². The van der Waals surface area contributed by atoms with Crippen LogP contribution in [0.15, 0.2) is 85.6 Å². The number of carbonyl (C=O) groups excluding carboxylic acids is 1. The summed E-state index contributed by atoms with van der Waals surface area (Å²) in [5.41, 5.74) is 5.27. The summed E-state index contributed by atoms with van der Waals surface area (Å²) in [6, 6.07) is 14.0. The summed E-state index contributed by atoms with van der Waals surface area (Å²) in [6.45, 7) is 9.55. The van der Waals surface area contributed by atoms with Gasteiger partial charge >= 0.3 is 5.69 Å². The molecule has 0 aliphatic carbocycles. The van der Waals surface area contributed by atoms with Gasteiger partial charge in [-0.1, -0.05) is 0 Å². The molecule has 0 unspecified atom stereocenters. The van der Waals surface area contributed by atoms with E-state index in [-0.39, 0.29) is 29.9 Å². The van der Waals surface area contributed by atoms with Crippen LogP contribution in [0.1, 0.15) is 88.5 Å². The van der Waals surface area contributed by atoms with E-state index in [2.05, 4.69) is 20.6 Å². The fourth-order valence-corrected chi connectivity index (χ4v) is 11.1. The summed E-state index contributed by atoms with van der Waals surface area (Å²) in [5, 5.41) is 14.2. The lowest BCUT2D eigenvalue weighted by Crippen LogP contribution is -2.40. The van der Waals surface area contributed by atoms with Crippen LogP contribution in [0.25, 0.3) is 28.1 Å². The number of nitrogens with zero attached hydrogens (tertiary/aromatic N) is 10. The molecule has 2 atom stereocenters. The van der Waals surface area contributed by atoms with Crippen molar-refractivity contribution >= 4 is 26.5 Å². The van der Waals surface area contributed by atoms with Crippen LogP contribution in [0.3, 0.4) is 0 Å². The number of fused-ring (bicyclic) bond motifs is 2. The van der Waals surface area contributed by atoms with E-state index in [1.165, 1.54) is 9.13 Å². The Labute approximate surface area is 351 Å². The lowest BCUT2D eigenvalue weighted by Gasteiger charge is -2.33. The fraction of sp³-hybridized carbons (Fsp3) is 0.364. The lowest BCUT2D eigenvalue weighted by atomic mass is 9.95. The number of benzene rings is 2. The van der Waals surface area contributed by atoms with Gasteiger partial charge < -0.3 is 18.6 Å². The second kappa shape index (κ2) is 15.1. The highest BCUT2D eigenvalue weighted by Gasteiger charge is 2.37. The smallest absolute Gasteiger partial charge is 0.338 e. The largest absolute Gasteiger partial charge is 0.424 e. The van der Waals surface area contributed by atoms with Crippen LogP contribution in [0.4, 0.5) is 4.39 Å². The molecule has 15 nitrogen and oxygen atoms in total. The van der Waals surface area contributed by atoms with Gasteiger partial charge in [0.05, 0.1) is 44.6 Å². The maximum atomic E-state index is 15.1. The van der Waals surface area contributed by atoms with Crippen LogP contribution >= 0.6 is 0 Å². The van der Waals surface area contributed by atoms with Gasteiger partial charge in [0.1, 0.15) is 23.9 Å². The molecule has 0 N–H and O–H groups in total. The molecule has 3 aliphatic rings. The van der Waals surface area contributed by atoms with Crippen LogP contribution in [-0.2, 0) is 27.4 Å². The third-order valence-electron chi connectivity index (χ3n) is 12.3. The topological polar surface area (TPSA) is 160 Å². The van der Waals surface area contributed by atoms with Crippen molar-refractivity contribution in [3.05, 3.63) is 129 Å². The first-order valence-corrected chi connectivity index (χ1v) is 22.3. The molecule has 0 bridgehead atoms. The molecular formula is C44H45FN10O5S. The number of imidazole rings is 1. The highest BCUT2D eigenvalue weighted by molar-refractivity contribution is 7.93. The molecule has 0 saturated carbocycles. The Morgan fingerprint density at radius 3 is 2.43 bits per heavy atom. The summed E-state index contributed by atoms with van der Waals surface area (Å²) in [4.78, 5) is 37.0. The zero-order valence-corrected chi connectivity index (χ0v) is 35.2. The summed E-state index contributed by atoms with van der Waals surface area (Å²) in [5.74, 6) is 1.49. The van der Waals surface area contributed by atoms with Crippen molar-refractivity contribution in [1.82, 2.24) is 43.6 Å². The predicted molar refractivity (Wildman–Crippen MR) is 225 cm³/mol. The maximum Gasteiger partial charge on any atom is 0.338 e. The molecule has 5 aromatic heterocycles. The van der Waals surface area contributed by atoms with Crippen molar-refractivity contribution in [2.75, 3.05) is 32.1 Å². The first-order valence-electron chi connectivity index (χ1n) is 20.6. The molecular weight excluding hydrogens is 800 g/mol. The monoisotopic (exact) mass is 844 g/mol. The molecule has 10 rings (SSSR count). The molecule has 314 valence electrons. The van der Waals surface area contributed by atoms with Crippen LogP contribution in [-0.4, -0.2) is 85.7 Å². The third-order valence-corrected chi connectivity index (χ3v) is 14.7. The molecule has 0 spiro atoms. The minimum absolute atomic E-state index is 0.166. The summed E-state index contributed by atoms with van der Waals surface area (Å²) < 4.78 is 50.8. The van der Waals surface area contributed by atoms with E-state index in [9.17, 15) is 9.00 Å². The van der Waals surface area contributed by atoms with Gasteiger partial charge in [0.15, 0.2) is 0 Å². The van der Waals surface area contributed by atoms with Gasteiger partial charge in [-0.15, -0.1) is 10.2 Å². The Morgan fingerprint density at radius 1 is 0.967 bits per heavy atom. The molecule has 7 aromatic rings. The quantitative estimate of drug-likeness (QED) is 0.165. The average molecular weight is 845 g/mol. The van der Waals surface area contributed by atoms with E-state index in [1.54, 1.807) is 74.2 Å². The van der Waals surface area contributed by atoms with Crippen LogP contribution in [0.2, 0.25) is 0 Å². The molecule has 1 amide bonds. The first kappa shape index (κ1) is 39.0. The predicted octanol–water partition coefficient (Wildman–Crippen LogP) is 6.54. The van der Waals surface area contributed by atoms with Gasteiger partial charge in [-0.25, -0.2) is 22.4 Å². The van der Waals surface area contributed by atoms with Gasteiger partial charge in [-0.05, 0) is 99.7 Å². The molecule has 2 aromatic carbocycles. The lowest BCUT2D eigenvalue weighted by molar-refractivity contribution is 0.0666. The normalized spacial score (nSPS) is 19.4. The van der Waals surface area contributed by atoms with Crippen molar-refractivity contribution in [1.29, 1.82) is 0 Å². The second-order valence-electron chi connectivity index (χ2n) is 16.2. The van der Waals surface area contributed by atoms with Crippen molar-refractivity contribution in [3.63, 3.8) is 0 Å². The van der Waals surface area contributed by atoms with Gasteiger partial charge in [-0.2, -0.15) is 5.10 Å². The van der Waals surface area contributed by atoms with E-state index in [0.717, 1.165) is 41.6 Å². The molecule has 61 heavy (non-hydrogen) atoms. The van der Waals surface area contributed by atoms with Gasteiger partial charge in [0.2, 0.25) is 11.8 Å². The fourth-order valence-electron chi connectivity index (χ4n) is 9.10. The minimum atomic E-state index is -2.46. The van der Waals surface area contributed by atoms with Crippen molar-refractivity contribution in [2.45, 2.75) is 76.8 Å². The zero-order valence-electron chi connectivity index (χ0n) is 34.4. The number of hydrogen-bond donors (Lipinski definition) is 0. The minimum Gasteiger partial charge on any atom is -0.424 e. The average Bonchev–Trinajstić information content (AvgIpc) is 4.12. The van der Waals surface area contributed by atoms with Gasteiger partial charge in [0.25, 0.3) is 5.91 Å². The number of pyridine rings is 1. The Hall–Kier alpha value is -6.20. The molecule has 0 radical (unpaired) electrons. The van der Waals surface area contributed by atoms with Crippen LogP contribution < -0.4 is 5.69 Å². The summed E-state index contributed by atoms with van der Waals surface area (Å²) in [7, 11) is -2.46. The van der Waals surface area contributed by atoms with E-state index in [4.69, 9.17) is 19.2 Å². The number of ether oxygens (including phenoxy) is 1. The maximum absolute atomic E-state index is 15.1.